The Morgan fingerprint density at radius 2 is 1.82 bits per heavy atom. The normalized spacial score (nSPS) is 10.6. The van der Waals surface area contributed by atoms with Gasteiger partial charge in [0.25, 0.3) is 0 Å². The molecule has 0 N–H and O–H groups in total. The number of hydrogen-bond acceptors (Lipinski definition) is 3. The number of aromatic nitrogens is 3. The Hall–Kier alpha value is -2.29. The predicted molar refractivity (Wildman–Crippen MR) is 67.5 cm³/mol. The third-order valence-electron chi connectivity index (χ3n) is 2.66. The van der Waals surface area contributed by atoms with E-state index in [1.54, 1.807) is 12.4 Å². The van der Waals surface area contributed by atoms with Crippen LogP contribution in [0.5, 0.6) is 0 Å². The van der Waals surface area contributed by atoms with Gasteiger partial charge in [-0.25, -0.2) is 0 Å². The Kier molecular flexibility index (Phi) is 2.29. The molecule has 0 aliphatic rings. The highest BCUT2D eigenvalue weighted by molar-refractivity contribution is 5.89. The molecule has 82 valence electrons. The first-order valence-corrected chi connectivity index (χ1v) is 5.48. The highest BCUT2D eigenvalue weighted by Gasteiger charge is 2.06. The molecule has 0 saturated heterocycles. The lowest BCUT2D eigenvalue weighted by molar-refractivity contribution is 1.23. The van der Waals surface area contributed by atoms with Crippen molar-refractivity contribution in [1.29, 1.82) is 0 Å². The largest absolute Gasteiger partial charge is 0.256 e. The number of aryl methyl sites for hydroxylation is 1. The van der Waals surface area contributed by atoms with Gasteiger partial charge in [0, 0.05) is 23.7 Å². The minimum absolute atomic E-state index is 0.902. The quantitative estimate of drug-likeness (QED) is 0.634. The van der Waals surface area contributed by atoms with E-state index in [0.717, 1.165) is 28.0 Å². The predicted octanol–water partition coefficient (Wildman–Crippen LogP) is 3.00. The number of nitrogens with zero attached hydrogens (tertiary/aromatic N) is 3. The van der Waals surface area contributed by atoms with Crippen molar-refractivity contribution in [2.75, 3.05) is 0 Å². The number of hydrogen-bond donors (Lipinski definition) is 0. The lowest BCUT2D eigenvalue weighted by Gasteiger charge is -2.05. The molecule has 3 heteroatoms. The van der Waals surface area contributed by atoms with E-state index in [9.17, 15) is 0 Å². The molecule has 0 unspecified atom stereocenters. The minimum Gasteiger partial charge on any atom is -0.256 e. The van der Waals surface area contributed by atoms with Gasteiger partial charge in [0.15, 0.2) is 0 Å². The molecule has 0 saturated carbocycles. The van der Waals surface area contributed by atoms with E-state index in [1.807, 2.05) is 43.3 Å². The van der Waals surface area contributed by atoms with Crippen molar-refractivity contribution in [2.24, 2.45) is 0 Å². The fraction of sp³-hybridized carbons (Fsp3) is 0.0714. The maximum Gasteiger partial charge on any atom is 0.0983 e. The molecule has 0 amide bonds. The summed E-state index contributed by atoms with van der Waals surface area (Å²) < 4.78 is 0. The van der Waals surface area contributed by atoms with Crippen molar-refractivity contribution in [3.8, 4) is 11.3 Å². The zero-order chi connectivity index (χ0) is 11.7. The standard InChI is InChI=1S/C14H11N3/c1-10-5-6-13-14(17-10)11(7-9-16-13)12-4-2-3-8-15-12/h2-9H,1H3. The van der Waals surface area contributed by atoms with Crippen molar-refractivity contribution >= 4 is 11.0 Å². The van der Waals surface area contributed by atoms with Crippen LogP contribution in [0.4, 0.5) is 0 Å². The lowest BCUT2D eigenvalue weighted by atomic mass is 10.1. The Balaban J connectivity index is 2.33. The second-order valence-electron chi connectivity index (χ2n) is 3.89. The number of fused-ring (bicyclic) bond motifs is 1. The third-order valence-corrected chi connectivity index (χ3v) is 2.66. The fourth-order valence-electron chi connectivity index (χ4n) is 1.85. The fourth-order valence-corrected chi connectivity index (χ4v) is 1.85. The topological polar surface area (TPSA) is 38.7 Å². The average Bonchev–Trinajstić information content (AvgIpc) is 2.39. The van der Waals surface area contributed by atoms with Gasteiger partial charge in [0.2, 0.25) is 0 Å². The first kappa shape index (κ1) is 9.90. The van der Waals surface area contributed by atoms with Crippen LogP contribution in [0.15, 0.2) is 48.8 Å². The van der Waals surface area contributed by atoms with Crippen LogP contribution in [-0.2, 0) is 0 Å². The SMILES string of the molecule is Cc1ccc2nccc(-c3ccccn3)c2n1. The van der Waals surface area contributed by atoms with Crippen molar-refractivity contribution in [3.05, 3.63) is 54.5 Å². The van der Waals surface area contributed by atoms with Gasteiger partial charge in [0.1, 0.15) is 0 Å². The molecule has 17 heavy (non-hydrogen) atoms. The number of rotatable bonds is 1. The molecule has 0 aliphatic carbocycles. The van der Waals surface area contributed by atoms with Gasteiger partial charge in [-0.05, 0) is 37.3 Å². The highest BCUT2D eigenvalue weighted by atomic mass is 14.8. The van der Waals surface area contributed by atoms with E-state index in [0.29, 0.717) is 0 Å². The second kappa shape index (κ2) is 3.94. The molecule has 0 aromatic carbocycles. The molecular formula is C14H11N3. The van der Waals surface area contributed by atoms with E-state index in [1.165, 1.54) is 0 Å². The zero-order valence-electron chi connectivity index (χ0n) is 9.46. The van der Waals surface area contributed by atoms with Crippen LogP contribution < -0.4 is 0 Å². The molecule has 3 nitrogen and oxygen atoms in total. The highest BCUT2D eigenvalue weighted by Crippen LogP contribution is 2.23. The Bertz CT molecular complexity index is 663. The van der Waals surface area contributed by atoms with Crippen LogP contribution in [0, 0.1) is 6.92 Å². The van der Waals surface area contributed by atoms with Gasteiger partial charge in [-0.1, -0.05) is 6.07 Å². The third kappa shape index (κ3) is 1.76. The summed E-state index contributed by atoms with van der Waals surface area (Å²) in [6, 6.07) is 11.8. The van der Waals surface area contributed by atoms with Crippen molar-refractivity contribution < 1.29 is 0 Å². The summed E-state index contributed by atoms with van der Waals surface area (Å²) in [5, 5.41) is 0. The van der Waals surface area contributed by atoms with Gasteiger partial charge in [0.05, 0.1) is 16.7 Å². The summed E-state index contributed by atoms with van der Waals surface area (Å²) >= 11 is 0. The summed E-state index contributed by atoms with van der Waals surface area (Å²) in [6.07, 6.45) is 3.58. The smallest absolute Gasteiger partial charge is 0.0983 e. The van der Waals surface area contributed by atoms with E-state index in [2.05, 4.69) is 15.0 Å². The minimum atomic E-state index is 0.902. The molecule has 3 aromatic rings. The maximum atomic E-state index is 4.55. The monoisotopic (exact) mass is 221 g/mol. The average molecular weight is 221 g/mol. The van der Waals surface area contributed by atoms with E-state index in [4.69, 9.17) is 0 Å². The molecular weight excluding hydrogens is 210 g/mol. The van der Waals surface area contributed by atoms with Crippen LogP contribution in [0.25, 0.3) is 22.3 Å². The molecule has 3 aromatic heterocycles. The van der Waals surface area contributed by atoms with Crippen molar-refractivity contribution in [1.82, 2.24) is 15.0 Å². The molecule has 0 fully saturated rings. The Morgan fingerprint density at radius 3 is 2.65 bits per heavy atom. The maximum absolute atomic E-state index is 4.55. The van der Waals surface area contributed by atoms with Gasteiger partial charge in [-0.3, -0.25) is 15.0 Å². The first-order valence-electron chi connectivity index (χ1n) is 5.48. The summed E-state index contributed by atoms with van der Waals surface area (Å²) in [5.41, 5.74) is 4.75. The Morgan fingerprint density at radius 1 is 0.882 bits per heavy atom. The zero-order valence-corrected chi connectivity index (χ0v) is 9.46. The molecule has 0 atom stereocenters. The van der Waals surface area contributed by atoms with Gasteiger partial charge >= 0.3 is 0 Å². The Labute approximate surface area is 99.2 Å². The van der Waals surface area contributed by atoms with Crippen molar-refractivity contribution in [2.45, 2.75) is 6.92 Å². The lowest BCUT2D eigenvalue weighted by Crippen LogP contribution is -1.90. The van der Waals surface area contributed by atoms with Gasteiger partial charge < -0.3 is 0 Å². The van der Waals surface area contributed by atoms with Crippen molar-refractivity contribution in [3.63, 3.8) is 0 Å². The van der Waals surface area contributed by atoms with Crippen LogP contribution in [0.1, 0.15) is 5.69 Å². The van der Waals surface area contributed by atoms with Crippen LogP contribution >= 0.6 is 0 Å². The van der Waals surface area contributed by atoms with Crippen LogP contribution in [-0.4, -0.2) is 15.0 Å². The summed E-state index contributed by atoms with van der Waals surface area (Å²) in [6.45, 7) is 1.98. The summed E-state index contributed by atoms with van der Waals surface area (Å²) in [5.74, 6) is 0. The molecule has 3 rings (SSSR count). The van der Waals surface area contributed by atoms with E-state index >= 15 is 0 Å². The molecule has 0 radical (unpaired) electrons. The van der Waals surface area contributed by atoms with Crippen LogP contribution in [0.2, 0.25) is 0 Å². The summed E-state index contributed by atoms with van der Waals surface area (Å²) in [7, 11) is 0. The van der Waals surface area contributed by atoms with Crippen LogP contribution in [0.3, 0.4) is 0 Å². The van der Waals surface area contributed by atoms with E-state index < -0.39 is 0 Å². The molecule has 0 spiro atoms. The number of pyridine rings is 3. The second-order valence-corrected chi connectivity index (χ2v) is 3.89. The first-order chi connectivity index (χ1) is 8.34. The summed E-state index contributed by atoms with van der Waals surface area (Å²) in [4.78, 5) is 13.2. The van der Waals surface area contributed by atoms with E-state index in [-0.39, 0.29) is 0 Å². The molecule has 0 bridgehead atoms. The van der Waals surface area contributed by atoms with Gasteiger partial charge in [-0.15, -0.1) is 0 Å². The van der Waals surface area contributed by atoms with Gasteiger partial charge in [-0.2, -0.15) is 0 Å². The molecule has 0 aliphatic heterocycles. The molecule has 3 heterocycles.